The molecule has 5 nitrogen and oxygen atoms in total. The SMILES string of the molecule is CCOCCN(CC)C(=O)CC(CN)OC.Cl. The van der Waals surface area contributed by atoms with E-state index < -0.39 is 0 Å². The van der Waals surface area contributed by atoms with Gasteiger partial charge in [0.1, 0.15) is 0 Å². The topological polar surface area (TPSA) is 64.8 Å². The van der Waals surface area contributed by atoms with E-state index in [1.165, 1.54) is 0 Å². The van der Waals surface area contributed by atoms with Gasteiger partial charge in [-0.3, -0.25) is 4.79 Å². The lowest BCUT2D eigenvalue weighted by Gasteiger charge is -2.22. The number of carbonyl (C=O) groups is 1. The van der Waals surface area contributed by atoms with Crippen LogP contribution in [-0.4, -0.2) is 56.9 Å². The molecule has 0 aromatic carbocycles. The Hall–Kier alpha value is -0.360. The molecular weight excluding hydrogens is 244 g/mol. The maximum atomic E-state index is 11.8. The third-order valence-electron chi connectivity index (χ3n) is 2.44. The number of methoxy groups -OCH3 is 1. The van der Waals surface area contributed by atoms with E-state index in [2.05, 4.69) is 0 Å². The molecule has 17 heavy (non-hydrogen) atoms. The summed E-state index contributed by atoms with van der Waals surface area (Å²) in [5.41, 5.74) is 5.47. The summed E-state index contributed by atoms with van der Waals surface area (Å²) in [6.07, 6.45) is 0.154. The van der Waals surface area contributed by atoms with Crippen molar-refractivity contribution >= 4 is 18.3 Å². The number of hydrogen-bond donors (Lipinski definition) is 1. The van der Waals surface area contributed by atoms with Crippen LogP contribution in [0, 0.1) is 0 Å². The third kappa shape index (κ3) is 8.37. The number of hydrogen-bond acceptors (Lipinski definition) is 4. The zero-order chi connectivity index (χ0) is 12.4. The summed E-state index contributed by atoms with van der Waals surface area (Å²) < 4.78 is 10.3. The molecule has 2 N–H and O–H groups in total. The van der Waals surface area contributed by atoms with Gasteiger partial charge in [-0.15, -0.1) is 12.4 Å². The highest BCUT2D eigenvalue weighted by Crippen LogP contribution is 2.01. The highest BCUT2D eigenvalue weighted by atomic mass is 35.5. The van der Waals surface area contributed by atoms with E-state index in [1.54, 1.807) is 12.0 Å². The predicted octanol–water partition coefficient (Wildman–Crippen LogP) is 0.657. The van der Waals surface area contributed by atoms with Gasteiger partial charge >= 0.3 is 0 Å². The first-order valence-corrected chi connectivity index (χ1v) is 5.77. The van der Waals surface area contributed by atoms with Crippen LogP contribution in [-0.2, 0) is 14.3 Å². The molecular formula is C11H25ClN2O3. The molecule has 0 spiro atoms. The minimum absolute atomic E-state index is 0. The zero-order valence-corrected chi connectivity index (χ0v) is 11.8. The molecule has 0 heterocycles. The Morgan fingerprint density at radius 3 is 2.47 bits per heavy atom. The number of nitrogens with two attached hydrogens (primary N) is 1. The van der Waals surface area contributed by atoms with Crippen molar-refractivity contribution in [1.29, 1.82) is 0 Å². The number of nitrogens with zero attached hydrogens (tertiary/aromatic N) is 1. The fourth-order valence-corrected chi connectivity index (χ4v) is 1.37. The third-order valence-corrected chi connectivity index (χ3v) is 2.44. The molecule has 0 bridgehead atoms. The highest BCUT2D eigenvalue weighted by molar-refractivity contribution is 5.85. The average Bonchev–Trinajstić information content (AvgIpc) is 2.31. The van der Waals surface area contributed by atoms with Crippen LogP contribution in [0.5, 0.6) is 0 Å². The summed E-state index contributed by atoms with van der Waals surface area (Å²) in [5.74, 6) is 0.0690. The predicted molar refractivity (Wildman–Crippen MR) is 70.5 cm³/mol. The van der Waals surface area contributed by atoms with E-state index in [0.29, 0.717) is 39.3 Å². The highest BCUT2D eigenvalue weighted by Gasteiger charge is 2.16. The molecule has 0 aromatic rings. The number of likely N-dealkylation sites (N-methyl/N-ethyl adjacent to an activating group) is 1. The number of carbonyl (C=O) groups excluding carboxylic acids is 1. The Balaban J connectivity index is 0. The van der Waals surface area contributed by atoms with Gasteiger partial charge in [0.05, 0.1) is 19.1 Å². The van der Waals surface area contributed by atoms with E-state index >= 15 is 0 Å². The summed E-state index contributed by atoms with van der Waals surface area (Å²) in [5, 5.41) is 0. The quantitative estimate of drug-likeness (QED) is 0.624. The number of ether oxygens (including phenoxy) is 2. The lowest BCUT2D eigenvalue weighted by Crippen LogP contribution is -2.37. The van der Waals surface area contributed by atoms with Crippen molar-refractivity contribution < 1.29 is 14.3 Å². The van der Waals surface area contributed by atoms with Crippen molar-refractivity contribution in [2.75, 3.05) is 40.0 Å². The maximum Gasteiger partial charge on any atom is 0.225 e. The second kappa shape index (κ2) is 12.1. The Morgan fingerprint density at radius 1 is 1.41 bits per heavy atom. The average molecular weight is 269 g/mol. The molecule has 1 atom stereocenters. The second-order valence-corrected chi connectivity index (χ2v) is 3.47. The number of halogens is 1. The van der Waals surface area contributed by atoms with Crippen LogP contribution in [0.25, 0.3) is 0 Å². The summed E-state index contributed by atoms with van der Waals surface area (Å²) >= 11 is 0. The zero-order valence-electron chi connectivity index (χ0n) is 11.0. The van der Waals surface area contributed by atoms with Gasteiger partial charge in [0, 0.05) is 33.4 Å². The van der Waals surface area contributed by atoms with Crippen LogP contribution >= 0.6 is 12.4 Å². The lowest BCUT2D eigenvalue weighted by molar-refractivity contribution is -0.134. The summed E-state index contributed by atoms with van der Waals surface area (Å²) in [4.78, 5) is 13.6. The Bertz CT molecular complexity index is 190. The summed E-state index contributed by atoms with van der Waals surface area (Å²) in [6, 6.07) is 0. The van der Waals surface area contributed by atoms with Gasteiger partial charge in [-0.05, 0) is 13.8 Å². The van der Waals surface area contributed by atoms with E-state index in [1.807, 2.05) is 13.8 Å². The summed E-state index contributed by atoms with van der Waals surface area (Å²) in [7, 11) is 1.57. The molecule has 0 radical (unpaired) electrons. The van der Waals surface area contributed by atoms with Crippen molar-refractivity contribution in [3.8, 4) is 0 Å². The molecule has 0 rings (SSSR count). The molecule has 0 fully saturated rings. The Kier molecular flexibility index (Phi) is 13.5. The van der Waals surface area contributed by atoms with Crippen LogP contribution in [0.3, 0.4) is 0 Å². The van der Waals surface area contributed by atoms with Crippen LogP contribution in [0.15, 0.2) is 0 Å². The Labute approximate surface area is 110 Å². The van der Waals surface area contributed by atoms with E-state index in [-0.39, 0.29) is 24.4 Å². The first-order valence-electron chi connectivity index (χ1n) is 5.77. The second-order valence-electron chi connectivity index (χ2n) is 3.47. The molecule has 104 valence electrons. The van der Waals surface area contributed by atoms with Crippen molar-refractivity contribution in [2.45, 2.75) is 26.4 Å². The van der Waals surface area contributed by atoms with Crippen molar-refractivity contribution in [1.82, 2.24) is 4.90 Å². The number of amides is 1. The van der Waals surface area contributed by atoms with Crippen molar-refractivity contribution in [2.24, 2.45) is 5.73 Å². The smallest absolute Gasteiger partial charge is 0.225 e. The molecule has 1 unspecified atom stereocenters. The minimum Gasteiger partial charge on any atom is -0.380 e. The molecule has 0 aliphatic heterocycles. The van der Waals surface area contributed by atoms with Gasteiger partial charge in [0.2, 0.25) is 5.91 Å². The minimum atomic E-state index is -0.186. The van der Waals surface area contributed by atoms with Crippen LogP contribution in [0.2, 0.25) is 0 Å². The molecule has 0 aliphatic rings. The molecule has 0 saturated heterocycles. The first kappa shape index (κ1) is 19.0. The van der Waals surface area contributed by atoms with Crippen LogP contribution < -0.4 is 5.73 Å². The standard InChI is InChI=1S/C11H24N2O3.ClH/c1-4-13(6-7-16-5-2)11(14)8-10(9-12)15-3;/h10H,4-9,12H2,1-3H3;1H. The van der Waals surface area contributed by atoms with Crippen LogP contribution in [0.1, 0.15) is 20.3 Å². The largest absolute Gasteiger partial charge is 0.380 e. The molecule has 6 heteroatoms. The fraction of sp³-hybridized carbons (Fsp3) is 0.909. The van der Waals surface area contributed by atoms with Gasteiger partial charge in [-0.2, -0.15) is 0 Å². The first-order chi connectivity index (χ1) is 7.69. The van der Waals surface area contributed by atoms with Gasteiger partial charge in [-0.1, -0.05) is 0 Å². The van der Waals surface area contributed by atoms with Gasteiger partial charge < -0.3 is 20.1 Å². The molecule has 0 saturated carbocycles. The summed E-state index contributed by atoms with van der Waals surface area (Å²) in [6.45, 7) is 6.83. The maximum absolute atomic E-state index is 11.8. The Morgan fingerprint density at radius 2 is 2.06 bits per heavy atom. The van der Waals surface area contributed by atoms with Gasteiger partial charge in [-0.25, -0.2) is 0 Å². The molecule has 0 aliphatic carbocycles. The van der Waals surface area contributed by atoms with E-state index in [0.717, 1.165) is 0 Å². The lowest BCUT2D eigenvalue weighted by atomic mass is 10.2. The number of rotatable bonds is 9. The molecule has 0 aromatic heterocycles. The molecule has 1 amide bonds. The monoisotopic (exact) mass is 268 g/mol. The van der Waals surface area contributed by atoms with E-state index in [9.17, 15) is 4.79 Å². The van der Waals surface area contributed by atoms with Crippen molar-refractivity contribution in [3.63, 3.8) is 0 Å². The van der Waals surface area contributed by atoms with E-state index in [4.69, 9.17) is 15.2 Å². The fourth-order valence-electron chi connectivity index (χ4n) is 1.37. The van der Waals surface area contributed by atoms with Crippen molar-refractivity contribution in [3.05, 3.63) is 0 Å². The van der Waals surface area contributed by atoms with Gasteiger partial charge in [0.15, 0.2) is 0 Å². The van der Waals surface area contributed by atoms with Crippen LogP contribution in [0.4, 0.5) is 0 Å². The van der Waals surface area contributed by atoms with Gasteiger partial charge in [0.25, 0.3) is 0 Å². The normalized spacial score (nSPS) is 11.8.